The fraction of sp³-hybridized carbons (Fsp3) is 0.500. The lowest BCUT2D eigenvalue weighted by atomic mass is 10.1. The Bertz CT molecular complexity index is 877. The summed E-state index contributed by atoms with van der Waals surface area (Å²) in [6, 6.07) is 5.84. The van der Waals surface area contributed by atoms with Crippen LogP contribution in [0.15, 0.2) is 29.1 Å². The van der Waals surface area contributed by atoms with E-state index in [1.54, 1.807) is 10.6 Å². The molecule has 0 aliphatic heterocycles. The fourth-order valence-electron chi connectivity index (χ4n) is 3.10. The predicted octanol–water partition coefficient (Wildman–Crippen LogP) is 3.82. The van der Waals surface area contributed by atoms with Gasteiger partial charge < -0.3 is 14.0 Å². The molecule has 1 aromatic carbocycles. The van der Waals surface area contributed by atoms with Crippen LogP contribution in [0.25, 0.3) is 10.9 Å². The van der Waals surface area contributed by atoms with Crippen molar-refractivity contribution >= 4 is 23.1 Å². The van der Waals surface area contributed by atoms with Gasteiger partial charge in [0.1, 0.15) is 11.9 Å². The minimum Gasteiger partial charge on any atom is -0.493 e. The lowest BCUT2D eigenvalue weighted by molar-refractivity contribution is -0.384. The average molecular weight is 390 g/mol. The van der Waals surface area contributed by atoms with Crippen molar-refractivity contribution in [3.05, 3.63) is 44.7 Å². The summed E-state index contributed by atoms with van der Waals surface area (Å²) in [7, 11) is 0. The first-order valence-corrected chi connectivity index (χ1v) is 9.55. The van der Waals surface area contributed by atoms with E-state index in [1.807, 2.05) is 13.8 Å². The molecule has 0 bridgehead atoms. The minimum atomic E-state index is -0.478. The highest BCUT2D eigenvalue weighted by atomic mass is 16.6. The lowest BCUT2D eigenvalue weighted by Gasteiger charge is -2.17. The molecule has 0 radical (unpaired) electrons. The van der Waals surface area contributed by atoms with Crippen LogP contribution < -0.4 is 10.3 Å². The first-order chi connectivity index (χ1) is 13.5. The van der Waals surface area contributed by atoms with Crippen LogP contribution in [-0.2, 0) is 16.1 Å². The van der Waals surface area contributed by atoms with Gasteiger partial charge in [-0.1, -0.05) is 26.7 Å². The molecule has 8 heteroatoms. The maximum absolute atomic E-state index is 12.6. The highest BCUT2D eigenvalue weighted by molar-refractivity contribution is 5.87. The standard InChI is InChI=1S/C20H26N2O6/c1-3-5-10-21-18-12-15(22(25)26)7-8-17(18)19(13-20(21)24)27-11-9-16(6-4-2)28-14-23/h7-8,12-14,16H,3-6,9-11H2,1-2H3. The van der Waals surface area contributed by atoms with Gasteiger partial charge in [0, 0.05) is 36.6 Å². The van der Waals surface area contributed by atoms with E-state index in [0.717, 1.165) is 25.7 Å². The maximum Gasteiger partial charge on any atom is 0.293 e. The van der Waals surface area contributed by atoms with Gasteiger partial charge in [-0.05, 0) is 18.9 Å². The molecule has 0 N–H and O–H groups in total. The number of pyridine rings is 1. The van der Waals surface area contributed by atoms with Crippen LogP contribution in [0.5, 0.6) is 5.75 Å². The van der Waals surface area contributed by atoms with E-state index < -0.39 is 4.92 Å². The molecule has 8 nitrogen and oxygen atoms in total. The Labute approximate surface area is 163 Å². The molecular weight excluding hydrogens is 364 g/mol. The zero-order valence-electron chi connectivity index (χ0n) is 16.3. The summed E-state index contributed by atoms with van der Waals surface area (Å²) in [5, 5.41) is 11.8. The molecule has 0 aliphatic rings. The van der Waals surface area contributed by atoms with E-state index in [0.29, 0.717) is 36.1 Å². The molecule has 0 amide bonds. The van der Waals surface area contributed by atoms with Gasteiger partial charge in [-0.15, -0.1) is 0 Å². The van der Waals surface area contributed by atoms with Gasteiger partial charge in [0.2, 0.25) is 0 Å². The van der Waals surface area contributed by atoms with E-state index in [4.69, 9.17) is 9.47 Å². The predicted molar refractivity (Wildman–Crippen MR) is 106 cm³/mol. The Kier molecular flexibility index (Phi) is 7.98. The fourth-order valence-corrected chi connectivity index (χ4v) is 3.10. The van der Waals surface area contributed by atoms with Gasteiger partial charge >= 0.3 is 0 Å². The van der Waals surface area contributed by atoms with E-state index in [2.05, 4.69) is 0 Å². The van der Waals surface area contributed by atoms with Crippen LogP contribution in [0.2, 0.25) is 0 Å². The van der Waals surface area contributed by atoms with Crippen molar-refractivity contribution in [2.45, 2.75) is 58.6 Å². The molecule has 1 heterocycles. The molecule has 0 saturated heterocycles. The van der Waals surface area contributed by atoms with Gasteiger partial charge in [0.05, 0.1) is 17.0 Å². The molecular formula is C20H26N2O6. The smallest absolute Gasteiger partial charge is 0.293 e. The van der Waals surface area contributed by atoms with E-state index in [9.17, 15) is 19.7 Å². The average Bonchev–Trinajstić information content (AvgIpc) is 2.67. The monoisotopic (exact) mass is 390 g/mol. The van der Waals surface area contributed by atoms with E-state index in [1.165, 1.54) is 18.2 Å². The second-order valence-electron chi connectivity index (χ2n) is 6.59. The van der Waals surface area contributed by atoms with Crippen LogP contribution in [-0.4, -0.2) is 28.7 Å². The molecule has 1 unspecified atom stereocenters. The van der Waals surface area contributed by atoms with Gasteiger partial charge in [-0.25, -0.2) is 0 Å². The summed E-state index contributed by atoms with van der Waals surface area (Å²) in [5.74, 6) is 0.379. The largest absolute Gasteiger partial charge is 0.493 e. The topological polar surface area (TPSA) is 101 Å². The number of aryl methyl sites for hydroxylation is 1. The Morgan fingerprint density at radius 2 is 2.00 bits per heavy atom. The molecule has 1 atom stereocenters. The second-order valence-corrected chi connectivity index (χ2v) is 6.59. The van der Waals surface area contributed by atoms with Crippen molar-refractivity contribution in [3.8, 4) is 5.75 Å². The maximum atomic E-state index is 12.6. The van der Waals surface area contributed by atoms with Gasteiger partial charge in [-0.2, -0.15) is 0 Å². The SMILES string of the molecule is CCCCn1c(=O)cc(OCCC(CCC)OC=O)c2ccc([N+](=O)[O-])cc21. The number of hydrogen-bond donors (Lipinski definition) is 0. The third-order valence-corrected chi connectivity index (χ3v) is 4.56. The molecule has 0 aliphatic carbocycles. The summed E-state index contributed by atoms with van der Waals surface area (Å²) in [6.07, 6.45) is 3.56. The summed E-state index contributed by atoms with van der Waals surface area (Å²) in [5.41, 5.74) is 0.154. The van der Waals surface area contributed by atoms with Crippen LogP contribution >= 0.6 is 0 Å². The number of ether oxygens (including phenoxy) is 2. The van der Waals surface area contributed by atoms with Crippen molar-refractivity contribution in [1.29, 1.82) is 0 Å². The van der Waals surface area contributed by atoms with Crippen LogP contribution in [0.4, 0.5) is 5.69 Å². The number of fused-ring (bicyclic) bond motifs is 1. The molecule has 0 saturated carbocycles. The molecule has 2 rings (SSSR count). The number of unbranched alkanes of at least 4 members (excludes halogenated alkanes) is 1. The van der Waals surface area contributed by atoms with Crippen LogP contribution in [0.1, 0.15) is 46.0 Å². The normalized spacial score (nSPS) is 11.9. The zero-order chi connectivity index (χ0) is 20.5. The number of hydrogen-bond acceptors (Lipinski definition) is 6. The molecule has 1 aromatic heterocycles. The number of rotatable bonds is 12. The number of non-ortho nitro benzene ring substituents is 1. The quantitative estimate of drug-likeness (QED) is 0.310. The number of nitro benzene ring substituents is 1. The van der Waals surface area contributed by atoms with E-state index in [-0.39, 0.29) is 24.0 Å². The minimum absolute atomic E-state index is 0.0725. The Hall–Kier alpha value is -2.90. The number of carbonyl (C=O) groups excluding carboxylic acids is 1. The van der Waals surface area contributed by atoms with Crippen molar-refractivity contribution in [2.24, 2.45) is 0 Å². The molecule has 2 aromatic rings. The summed E-state index contributed by atoms with van der Waals surface area (Å²) >= 11 is 0. The van der Waals surface area contributed by atoms with Crippen LogP contribution in [0.3, 0.4) is 0 Å². The first kappa shape index (κ1) is 21.4. The van der Waals surface area contributed by atoms with Crippen molar-refractivity contribution in [2.75, 3.05) is 6.61 Å². The number of nitrogens with zero attached hydrogens (tertiary/aromatic N) is 2. The number of benzene rings is 1. The van der Waals surface area contributed by atoms with Crippen LogP contribution in [0, 0.1) is 10.1 Å². The summed E-state index contributed by atoms with van der Waals surface area (Å²) in [4.78, 5) is 33.9. The third kappa shape index (κ3) is 5.31. The first-order valence-electron chi connectivity index (χ1n) is 9.55. The molecule has 0 fully saturated rings. The Balaban J connectivity index is 2.34. The third-order valence-electron chi connectivity index (χ3n) is 4.56. The highest BCUT2D eigenvalue weighted by Gasteiger charge is 2.15. The molecule has 28 heavy (non-hydrogen) atoms. The number of carbonyl (C=O) groups is 1. The molecule has 0 spiro atoms. The van der Waals surface area contributed by atoms with Gasteiger partial charge in [0.25, 0.3) is 17.7 Å². The van der Waals surface area contributed by atoms with Crippen molar-refractivity contribution in [3.63, 3.8) is 0 Å². The van der Waals surface area contributed by atoms with Crippen molar-refractivity contribution in [1.82, 2.24) is 4.57 Å². The number of aromatic nitrogens is 1. The summed E-state index contributed by atoms with van der Waals surface area (Å²) in [6.45, 7) is 5.20. The summed E-state index contributed by atoms with van der Waals surface area (Å²) < 4.78 is 12.4. The Morgan fingerprint density at radius 3 is 2.64 bits per heavy atom. The van der Waals surface area contributed by atoms with Gasteiger partial charge in [-0.3, -0.25) is 19.7 Å². The van der Waals surface area contributed by atoms with Gasteiger partial charge in [0.15, 0.2) is 0 Å². The Morgan fingerprint density at radius 1 is 1.21 bits per heavy atom. The van der Waals surface area contributed by atoms with E-state index >= 15 is 0 Å². The molecule has 152 valence electrons. The number of nitro groups is 1. The highest BCUT2D eigenvalue weighted by Crippen LogP contribution is 2.28. The zero-order valence-corrected chi connectivity index (χ0v) is 16.3. The second kappa shape index (κ2) is 10.4. The lowest BCUT2D eigenvalue weighted by Crippen LogP contribution is -2.21. The van der Waals surface area contributed by atoms with Crippen molar-refractivity contribution < 1.29 is 19.2 Å².